The number of nitrogens with zero attached hydrogens (tertiary/aromatic N) is 1. The Balaban J connectivity index is 2.17. The molecular weight excluding hydrogens is 244 g/mol. The number of nitro benzene ring substituents is 1. The molecule has 0 aliphatic heterocycles. The molecule has 2 N–H and O–H groups in total. The van der Waals surface area contributed by atoms with Crippen molar-refractivity contribution in [3.8, 4) is 0 Å². The summed E-state index contributed by atoms with van der Waals surface area (Å²) in [5.74, 6) is 0. The molecule has 1 aliphatic carbocycles. The Kier molecular flexibility index (Phi) is 4.04. The van der Waals surface area contributed by atoms with Crippen LogP contribution in [0.1, 0.15) is 31.2 Å². The molecule has 19 heavy (non-hydrogen) atoms. The number of hydrogen-bond donors (Lipinski definition) is 2. The summed E-state index contributed by atoms with van der Waals surface area (Å²) in [6.45, 7) is 2.59. The monoisotopic (exact) mass is 264 g/mol. The van der Waals surface area contributed by atoms with E-state index in [0.717, 1.165) is 31.2 Å². The summed E-state index contributed by atoms with van der Waals surface area (Å²) >= 11 is 0. The highest BCUT2D eigenvalue weighted by atomic mass is 16.6. The van der Waals surface area contributed by atoms with E-state index in [-0.39, 0.29) is 22.6 Å². The lowest BCUT2D eigenvalue weighted by molar-refractivity contribution is -0.384. The molecule has 1 saturated carbocycles. The van der Waals surface area contributed by atoms with E-state index in [4.69, 9.17) is 0 Å². The maximum atomic E-state index is 11.0. The van der Waals surface area contributed by atoms with Gasteiger partial charge in [0.15, 0.2) is 0 Å². The van der Waals surface area contributed by atoms with Gasteiger partial charge in [-0.05, 0) is 25.3 Å². The molecule has 104 valence electrons. The van der Waals surface area contributed by atoms with Gasteiger partial charge in [-0.25, -0.2) is 0 Å². The van der Waals surface area contributed by atoms with Gasteiger partial charge in [-0.1, -0.05) is 25.0 Å². The van der Waals surface area contributed by atoms with Crippen molar-refractivity contribution < 1.29 is 10.0 Å². The fourth-order valence-corrected chi connectivity index (χ4v) is 2.83. The minimum atomic E-state index is -0.365. The van der Waals surface area contributed by atoms with Crippen molar-refractivity contribution in [2.45, 2.75) is 32.6 Å². The second kappa shape index (κ2) is 5.57. The molecule has 0 heterocycles. The smallest absolute Gasteiger partial charge is 0.292 e. The van der Waals surface area contributed by atoms with Crippen LogP contribution in [-0.2, 0) is 0 Å². The Hall–Kier alpha value is -1.62. The molecule has 1 fully saturated rings. The zero-order valence-electron chi connectivity index (χ0n) is 11.2. The first kappa shape index (κ1) is 13.8. The van der Waals surface area contributed by atoms with Gasteiger partial charge in [0.1, 0.15) is 5.69 Å². The maximum Gasteiger partial charge on any atom is 0.292 e. The molecule has 1 aromatic carbocycles. The molecule has 1 aromatic rings. The Labute approximate surface area is 112 Å². The van der Waals surface area contributed by atoms with E-state index in [9.17, 15) is 15.2 Å². The highest BCUT2D eigenvalue weighted by Crippen LogP contribution is 2.38. The van der Waals surface area contributed by atoms with Crippen LogP contribution < -0.4 is 5.32 Å². The summed E-state index contributed by atoms with van der Waals surface area (Å²) in [4.78, 5) is 10.7. The third-order valence-electron chi connectivity index (χ3n) is 4.09. The fourth-order valence-electron chi connectivity index (χ4n) is 2.83. The van der Waals surface area contributed by atoms with Crippen LogP contribution in [0.2, 0.25) is 0 Å². The molecule has 0 saturated heterocycles. The molecule has 2 rings (SSSR count). The molecule has 1 aliphatic rings. The minimum absolute atomic E-state index is 0.103. The van der Waals surface area contributed by atoms with Crippen molar-refractivity contribution in [3.63, 3.8) is 0 Å². The molecular formula is C14H20N2O3. The number of para-hydroxylation sites is 1. The summed E-state index contributed by atoms with van der Waals surface area (Å²) in [5.41, 5.74) is 1.43. The van der Waals surface area contributed by atoms with Gasteiger partial charge in [-0.2, -0.15) is 0 Å². The van der Waals surface area contributed by atoms with Gasteiger partial charge in [0.05, 0.1) is 11.5 Å². The summed E-state index contributed by atoms with van der Waals surface area (Å²) in [7, 11) is 0. The lowest BCUT2D eigenvalue weighted by atomic mass is 9.87. The van der Waals surface area contributed by atoms with Crippen molar-refractivity contribution >= 4 is 11.4 Å². The van der Waals surface area contributed by atoms with E-state index < -0.39 is 0 Å². The van der Waals surface area contributed by atoms with E-state index in [0.29, 0.717) is 12.2 Å². The van der Waals surface area contributed by atoms with Gasteiger partial charge in [0, 0.05) is 18.0 Å². The first-order valence-corrected chi connectivity index (χ1v) is 6.67. The molecule has 0 atom stereocenters. The van der Waals surface area contributed by atoms with E-state index in [1.807, 2.05) is 13.0 Å². The summed E-state index contributed by atoms with van der Waals surface area (Å²) in [6, 6.07) is 5.06. The van der Waals surface area contributed by atoms with Crippen LogP contribution in [0, 0.1) is 22.5 Å². The highest BCUT2D eigenvalue weighted by Gasteiger charge is 2.33. The molecule has 0 spiro atoms. The number of rotatable bonds is 5. The zero-order chi connectivity index (χ0) is 13.9. The number of nitrogens with one attached hydrogen (secondary N) is 1. The van der Waals surface area contributed by atoms with Crippen molar-refractivity contribution in [1.29, 1.82) is 0 Å². The van der Waals surface area contributed by atoms with Crippen LogP contribution in [0.3, 0.4) is 0 Å². The van der Waals surface area contributed by atoms with Crippen LogP contribution >= 0.6 is 0 Å². The van der Waals surface area contributed by atoms with Gasteiger partial charge in [-0.15, -0.1) is 0 Å². The van der Waals surface area contributed by atoms with E-state index in [1.54, 1.807) is 6.07 Å². The van der Waals surface area contributed by atoms with Crippen LogP contribution in [0.15, 0.2) is 18.2 Å². The normalized spacial score (nSPS) is 17.4. The largest absolute Gasteiger partial charge is 0.396 e. The molecule has 5 nitrogen and oxygen atoms in total. The van der Waals surface area contributed by atoms with Crippen molar-refractivity contribution in [3.05, 3.63) is 33.9 Å². The Morgan fingerprint density at radius 3 is 2.68 bits per heavy atom. The first-order valence-electron chi connectivity index (χ1n) is 6.67. The highest BCUT2D eigenvalue weighted by molar-refractivity contribution is 5.66. The van der Waals surface area contributed by atoms with Gasteiger partial charge in [-0.3, -0.25) is 10.1 Å². The van der Waals surface area contributed by atoms with Gasteiger partial charge in [0.2, 0.25) is 0 Å². The van der Waals surface area contributed by atoms with E-state index >= 15 is 0 Å². The SMILES string of the molecule is Cc1cccc([N+](=O)[O-])c1NCC1(CO)CCCC1. The predicted octanol–water partition coefficient (Wildman–Crippen LogP) is 2.87. The Morgan fingerprint density at radius 2 is 2.11 bits per heavy atom. The quantitative estimate of drug-likeness (QED) is 0.633. The van der Waals surface area contributed by atoms with Crippen LogP contribution in [0.25, 0.3) is 0 Å². The van der Waals surface area contributed by atoms with Crippen LogP contribution in [-0.4, -0.2) is 23.2 Å². The number of anilines is 1. The number of aliphatic hydroxyl groups is 1. The summed E-state index contributed by atoms with van der Waals surface area (Å²) in [6.07, 6.45) is 4.21. The number of benzene rings is 1. The van der Waals surface area contributed by atoms with E-state index in [1.165, 1.54) is 6.07 Å². The minimum Gasteiger partial charge on any atom is -0.396 e. The molecule has 0 amide bonds. The number of nitro groups is 1. The van der Waals surface area contributed by atoms with Crippen molar-refractivity contribution in [1.82, 2.24) is 0 Å². The van der Waals surface area contributed by atoms with Gasteiger partial charge < -0.3 is 10.4 Å². The molecule has 5 heteroatoms. The Morgan fingerprint density at radius 1 is 1.42 bits per heavy atom. The number of aryl methyl sites for hydroxylation is 1. The van der Waals surface area contributed by atoms with E-state index in [2.05, 4.69) is 5.32 Å². The lowest BCUT2D eigenvalue weighted by Crippen LogP contribution is -2.30. The van der Waals surface area contributed by atoms with Crippen molar-refractivity contribution in [2.75, 3.05) is 18.5 Å². The van der Waals surface area contributed by atoms with Gasteiger partial charge in [0.25, 0.3) is 5.69 Å². The summed E-state index contributed by atoms with van der Waals surface area (Å²) < 4.78 is 0. The summed E-state index contributed by atoms with van der Waals surface area (Å²) in [5, 5.41) is 23.8. The third kappa shape index (κ3) is 2.87. The Bertz CT molecular complexity index is 468. The standard InChI is InChI=1S/C14H20N2O3/c1-11-5-4-6-12(16(18)19)13(11)15-9-14(10-17)7-2-3-8-14/h4-6,15,17H,2-3,7-10H2,1H3. The molecule has 0 bridgehead atoms. The second-order valence-corrected chi connectivity index (χ2v) is 5.44. The molecule has 0 radical (unpaired) electrons. The molecule has 0 aromatic heterocycles. The second-order valence-electron chi connectivity index (χ2n) is 5.44. The zero-order valence-corrected chi connectivity index (χ0v) is 11.2. The topological polar surface area (TPSA) is 75.4 Å². The predicted molar refractivity (Wildman–Crippen MR) is 74.3 cm³/mol. The fraction of sp³-hybridized carbons (Fsp3) is 0.571. The number of aliphatic hydroxyl groups excluding tert-OH is 1. The van der Waals surface area contributed by atoms with Crippen LogP contribution in [0.4, 0.5) is 11.4 Å². The number of hydrogen-bond acceptors (Lipinski definition) is 4. The average molecular weight is 264 g/mol. The first-order chi connectivity index (χ1) is 9.08. The third-order valence-corrected chi connectivity index (χ3v) is 4.09. The van der Waals surface area contributed by atoms with Crippen LogP contribution in [0.5, 0.6) is 0 Å². The average Bonchev–Trinajstić information content (AvgIpc) is 2.86. The molecule has 0 unspecified atom stereocenters. The van der Waals surface area contributed by atoms with Crippen molar-refractivity contribution in [2.24, 2.45) is 5.41 Å². The lowest BCUT2D eigenvalue weighted by Gasteiger charge is -2.27. The maximum absolute atomic E-state index is 11.0. The van der Waals surface area contributed by atoms with Gasteiger partial charge >= 0.3 is 0 Å².